The zero-order valence-electron chi connectivity index (χ0n) is 15.7. The van der Waals surface area contributed by atoms with Gasteiger partial charge in [-0.1, -0.05) is 53.5 Å². The van der Waals surface area contributed by atoms with Gasteiger partial charge in [0.1, 0.15) is 0 Å². The Morgan fingerprint density at radius 1 is 1.00 bits per heavy atom. The van der Waals surface area contributed by atoms with Gasteiger partial charge in [-0.25, -0.2) is 0 Å². The Labute approximate surface area is 179 Å². The van der Waals surface area contributed by atoms with Crippen molar-refractivity contribution in [1.29, 1.82) is 0 Å². The lowest BCUT2D eigenvalue weighted by molar-refractivity contribution is 0.0945. The van der Waals surface area contributed by atoms with Crippen LogP contribution in [0.1, 0.15) is 15.9 Å². The number of aliphatic hydroxyl groups excluding tert-OH is 1. The number of nitrogens with zero attached hydrogens (tertiary/aromatic N) is 1. The standard InChI is InChI=1S/C23H20Cl2N2O2/c24-19-5-2-6-20(22(19)25)27-11-9-15-7-8-17(14-21(15)27)16-3-1-4-18(13-16)23(29)26-10-12-28/h1-8,13-14,28H,9-12H2,(H,26,29). The van der Waals surface area contributed by atoms with Gasteiger partial charge in [0, 0.05) is 24.3 Å². The van der Waals surface area contributed by atoms with Crippen LogP contribution in [0.3, 0.4) is 0 Å². The average molecular weight is 427 g/mol. The molecule has 0 unspecified atom stereocenters. The van der Waals surface area contributed by atoms with Gasteiger partial charge in [-0.2, -0.15) is 0 Å². The summed E-state index contributed by atoms with van der Waals surface area (Å²) >= 11 is 12.7. The first-order chi connectivity index (χ1) is 14.1. The second kappa shape index (κ2) is 8.46. The smallest absolute Gasteiger partial charge is 0.251 e. The first-order valence-corrected chi connectivity index (χ1v) is 10.2. The van der Waals surface area contributed by atoms with Gasteiger partial charge in [0.15, 0.2) is 0 Å². The molecule has 0 radical (unpaired) electrons. The number of nitrogens with one attached hydrogen (secondary N) is 1. The fourth-order valence-corrected chi connectivity index (χ4v) is 4.02. The molecule has 2 N–H and O–H groups in total. The van der Waals surface area contributed by atoms with Crippen molar-refractivity contribution in [2.45, 2.75) is 6.42 Å². The number of aliphatic hydroxyl groups is 1. The molecule has 6 heteroatoms. The van der Waals surface area contributed by atoms with Crippen LogP contribution in [0.25, 0.3) is 11.1 Å². The van der Waals surface area contributed by atoms with E-state index < -0.39 is 0 Å². The van der Waals surface area contributed by atoms with Gasteiger partial charge in [0.25, 0.3) is 5.91 Å². The number of carbonyl (C=O) groups excluding carboxylic acids is 1. The third-order valence-electron chi connectivity index (χ3n) is 5.06. The molecule has 1 amide bonds. The van der Waals surface area contributed by atoms with Crippen LogP contribution >= 0.6 is 23.2 Å². The summed E-state index contributed by atoms with van der Waals surface area (Å²) in [6.07, 6.45) is 0.933. The summed E-state index contributed by atoms with van der Waals surface area (Å²) < 4.78 is 0. The van der Waals surface area contributed by atoms with E-state index in [9.17, 15) is 4.79 Å². The normalized spacial score (nSPS) is 12.7. The highest BCUT2D eigenvalue weighted by Gasteiger charge is 2.23. The predicted octanol–water partition coefficient (Wildman–Crippen LogP) is 5.08. The molecule has 4 rings (SSSR count). The molecule has 0 bridgehead atoms. The number of halogens is 2. The summed E-state index contributed by atoms with van der Waals surface area (Å²) in [6, 6.07) is 19.5. The maximum atomic E-state index is 12.2. The van der Waals surface area contributed by atoms with Crippen molar-refractivity contribution >= 4 is 40.5 Å². The van der Waals surface area contributed by atoms with Crippen molar-refractivity contribution in [3.8, 4) is 11.1 Å². The van der Waals surface area contributed by atoms with Gasteiger partial charge in [-0.05, 0) is 53.4 Å². The highest BCUT2D eigenvalue weighted by molar-refractivity contribution is 6.43. The van der Waals surface area contributed by atoms with E-state index in [1.54, 1.807) is 12.1 Å². The maximum absolute atomic E-state index is 12.2. The Morgan fingerprint density at radius 3 is 2.62 bits per heavy atom. The van der Waals surface area contributed by atoms with E-state index in [4.69, 9.17) is 28.3 Å². The number of benzene rings is 3. The number of fused-ring (bicyclic) bond motifs is 1. The lowest BCUT2D eigenvalue weighted by atomic mass is 10.00. The second-order valence-electron chi connectivity index (χ2n) is 6.88. The average Bonchev–Trinajstić information content (AvgIpc) is 3.17. The molecule has 0 atom stereocenters. The molecule has 1 aliphatic heterocycles. The van der Waals surface area contributed by atoms with Crippen molar-refractivity contribution in [2.24, 2.45) is 0 Å². The van der Waals surface area contributed by atoms with E-state index in [0.29, 0.717) is 15.6 Å². The summed E-state index contributed by atoms with van der Waals surface area (Å²) in [5.41, 5.74) is 5.78. The lowest BCUT2D eigenvalue weighted by Crippen LogP contribution is -2.26. The van der Waals surface area contributed by atoms with Crippen molar-refractivity contribution in [3.63, 3.8) is 0 Å². The number of amides is 1. The third-order valence-corrected chi connectivity index (χ3v) is 5.87. The van der Waals surface area contributed by atoms with E-state index in [-0.39, 0.29) is 19.1 Å². The van der Waals surface area contributed by atoms with Gasteiger partial charge in [-0.3, -0.25) is 4.79 Å². The van der Waals surface area contributed by atoms with Gasteiger partial charge in [0.05, 0.1) is 22.3 Å². The zero-order valence-corrected chi connectivity index (χ0v) is 17.2. The Balaban J connectivity index is 1.69. The molecule has 0 saturated heterocycles. The maximum Gasteiger partial charge on any atom is 0.251 e. The first-order valence-electron chi connectivity index (χ1n) is 9.42. The molecular formula is C23H20Cl2N2O2. The molecule has 0 saturated carbocycles. The second-order valence-corrected chi connectivity index (χ2v) is 7.66. The number of hydrogen-bond acceptors (Lipinski definition) is 3. The number of anilines is 2. The fraction of sp³-hybridized carbons (Fsp3) is 0.174. The summed E-state index contributed by atoms with van der Waals surface area (Å²) in [5, 5.41) is 12.7. The van der Waals surface area contributed by atoms with E-state index in [1.807, 2.05) is 30.3 Å². The Hall–Kier alpha value is -2.53. The molecule has 3 aromatic rings. The first kappa shape index (κ1) is 19.8. The third kappa shape index (κ3) is 3.97. The molecule has 29 heavy (non-hydrogen) atoms. The van der Waals surface area contributed by atoms with Crippen LogP contribution in [0.4, 0.5) is 11.4 Å². The number of hydrogen-bond donors (Lipinski definition) is 2. The minimum atomic E-state index is -0.200. The molecule has 0 fully saturated rings. The molecule has 3 aromatic carbocycles. The molecule has 0 spiro atoms. The summed E-state index contributed by atoms with van der Waals surface area (Å²) in [6.45, 7) is 0.984. The molecule has 0 aromatic heterocycles. The highest BCUT2D eigenvalue weighted by atomic mass is 35.5. The van der Waals surface area contributed by atoms with E-state index >= 15 is 0 Å². The predicted molar refractivity (Wildman–Crippen MR) is 118 cm³/mol. The van der Waals surface area contributed by atoms with Crippen LogP contribution in [0, 0.1) is 0 Å². The highest BCUT2D eigenvalue weighted by Crippen LogP contribution is 2.42. The minimum Gasteiger partial charge on any atom is -0.395 e. The molecule has 1 aliphatic rings. The van der Waals surface area contributed by atoms with Crippen molar-refractivity contribution in [3.05, 3.63) is 81.8 Å². The van der Waals surface area contributed by atoms with Gasteiger partial charge in [-0.15, -0.1) is 0 Å². The molecule has 4 nitrogen and oxygen atoms in total. The lowest BCUT2D eigenvalue weighted by Gasteiger charge is -2.22. The number of rotatable bonds is 5. The molecule has 1 heterocycles. The van der Waals surface area contributed by atoms with Crippen LogP contribution in [-0.2, 0) is 6.42 Å². The van der Waals surface area contributed by atoms with Crippen molar-refractivity contribution in [1.82, 2.24) is 5.32 Å². The summed E-state index contributed by atoms with van der Waals surface area (Å²) in [7, 11) is 0. The quantitative estimate of drug-likeness (QED) is 0.598. The largest absolute Gasteiger partial charge is 0.395 e. The van der Waals surface area contributed by atoms with Crippen molar-refractivity contribution < 1.29 is 9.90 Å². The van der Waals surface area contributed by atoms with Crippen LogP contribution in [0.15, 0.2) is 60.7 Å². The van der Waals surface area contributed by atoms with Crippen LogP contribution in [-0.4, -0.2) is 30.7 Å². The van der Waals surface area contributed by atoms with Gasteiger partial charge >= 0.3 is 0 Å². The van der Waals surface area contributed by atoms with Crippen LogP contribution < -0.4 is 10.2 Å². The summed E-state index contributed by atoms with van der Waals surface area (Å²) in [4.78, 5) is 14.4. The van der Waals surface area contributed by atoms with E-state index in [0.717, 1.165) is 35.5 Å². The molecule has 148 valence electrons. The van der Waals surface area contributed by atoms with Crippen LogP contribution in [0.2, 0.25) is 10.0 Å². The van der Waals surface area contributed by atoms with Crippen LogP contribution in [0.5, 0.6) is 0 Å². The van der Waals surface area contributed by atoms with E-state index in [2.05, 4.69) is 28.4 Å². The van der Waals surface area contributed by atoms with E-state index in [1.165, 1.54) is 5.56 Å². The summed E-state index contributed by atoms with van der Waals surface area (Å²) in [5.74, 6) is -0.200. The van der Waals surface area contributed by atoms with Crippen molar-refractivity contribution in [2.75, 3.05) is 24.6 Å². The SMILES string of the molecule is O=C(NCCO)c1cccc(-c2ccc3c(c2)N(c2cccc(Cl)c2Cl)CC3)c1. The molecule has 0 aliphatic carbocycles. The Bertz CT molecular complexity index is 1070. The van der Waals surface area contributed by atoms with Gasteiger partial charge < -0.3 is 15.3 Å². The molecular weight excluding hydrogens is 407 g/mol. The Morgan fingerprint density at radius 2 is 1.79 bits per heavy atom. The van der Waals surface area contributed by atoms with Gasteiger partial charge in [0.2, 0.25) is 0 Å². The fourth-order valence-electron chi connectivity index (χ4n) is 3.62. The topological polar surface area (TPSA) is 52.6 Å². The number of carbonyl (C=O) groups is 1. The zero-order chi connectivity index (χ0) is 20.4. The monoisotopic (exact) mass is 426 g/mol. The Kier molecular flexibility index (Phi) is 5.76. The minimum absolute atomic E-state index is 0.0852.